The molecule has 0 aliphatic heterocycles. The van der Waals surface area contributed by atoms with E-state index in [1.54, 1.807) is 18.2 Å². The molecule has 1 amide bonds. The summed E-state index contributed by atoms with van der Waals surface area (Å²) in [6.45, 7) is 2.85. The third-order valence-electron chi connectivity index (χ3n) is 3.42. The molecule has 8 nitrogen and oxygen atoms in total. The summed E-state index contributed by atoms with van der Waals surface area (Å²) in [5, 5.41) is 13.1. The van der Waals surface area contributed by atoms with Crippen LogP contribution in [-0.4, -0.2) is 29.5 Å². The van der Waals surface area contributed by atoms with E-state index in [1.165, 1.54) is 19.1 Å². The fraction of sp³-hybridized carbons (Fsp3) is 0.222. The monoisotopic (exact) mass is 392 g/mol. The molecule has 0 aromatic heterocycles. The van der Waals surface area contributed by atoms with Gasteiger partial charge < -0.3 is 14.8 Å². The van der Waals surface area contributed by atoms with E-state index in [2.05, 4.69) is 5.32 Å². The number of rotatable bonds is 7. The minimum Gasteiger partial charge on any atom is -0.479 e. The van der Waals surface area contributed by atoms with E-state index in [0.717, 1.165) is 11.6 Å². The molecule has 0 saturated carbocycles. The Kier molecular flexibility index (Phi) is 6.73. The van der Waals surface area contributed by atoms with Crippen LogP contribution in [0, 0.1) is 17.0 Å². The number of esters is 1. The summed E-state index contributed by atoms with van der Waals surface area (Å²) in [4.78, 5) is 33.9. The molecule has 0 fully saturated rings. The molecule has 0 saturated heterocycles. The largest absolute Gasteiger partial charge is 0.479 e. The summed E-state index contributed by atoms with van der Waals surface area (Å²) in [6, 6.07) is 10.8. The number of nitrogens with zero attached hydrogens (tertiary/aromatic N) is 1. The Morgan fingerprint density at radius 1 is 1.26 bits per heavy atom. The predicted octanol–water partition coefficient (Wildman–Crippen LogP) is 3.51. The van der Waals surface area contributed by atoms with Crippen LogP contribution in [0.25, 0.3) is 0 Å². The van der Waals surface area contributed by atoms with Gasteiger partial charge in [0.05, 0.1) is 15.6 Å². The highest BCUT2D eigenvalue weighted by Crippen LogP contribution is 2.26. The lowest BCUT2D eigenvalue weighted by atomic mass is 10.2. The molecule has 1 N–H and O–H groups in total. The van der Waals surface area contributed by atoms with Gasteiger partial charge in [-0.25, -0.2) is 4.79 Å². The first kappa shape index (κ1) is 20.2. The highest BCUT2D eigenvalue weighted by atomic mass is 35.5. The van der Waals surface area contributed by atoms with Crippen molar-refractivity contribution in [1.82, 2.24) is 0 Å². The van der Waals surface area contributed by atoms with Crippen LogP contribution < -0.4 is 10.1 Å². The van der Waals surface area contributed by atoms with E-state index in [9.17, 15) is 19.7 Å². The number of hydrogen-bond donors (Lipinski definition) is 1. The van der Waals surface area contributed by atoms with E-state index < -0.39 is 29.5 Å². The van der Waals surface area contributed by atoms with Crippen LogP contribution in [0.3, 0.4) is 0 Å². The van der Waals surface area contributed by atoms with Crippen LogP contribution in [0.5, 0.6) is 5.75 Å². The Morgan fingerprint density at radius 2 is 2.00 bits per heavy atom. The van der Waals surface area contributed by atoms with Crippen molar-refractivity contribution in [2.45, 2.75) is 20.0 Å². The number of nitrogens with one attached hydrogen (secondary N) is 1. The first-order valence-electron chi connectivity index (χ1n) is 7.90. The third kappa shape index (κ3) is 5.96. The Balaban J connectivity index is 1.85. The van der Waals surface area contributed by atoms with Gasteiger partial charge in [0, 0.05) is 12.1 Å². The second kappa shape index (κ2) is 9.00. The number of halogens is 1. The van der Waals surface area contributed by atoms with Crippen molar-refractivity contribution in [3.63, 3.8) is 0 Å². The highest BCUT2D eigenvalue weighted by Gasteiger charge is 2.18. The van der Waals surface area contributed by atoms with Gasteiger partial charge in [0.2, 0.25) is 0 Å². The summed E-state index contributed by atoms with van der Waals surface area (Å²) >= 11 is 5.89. The second-order valence-corrected chi connectivity index (χ2v) is 6.06. The topological polar surface area (TPSA) is 108 Å². The van der Waals surface area contributed by atoms with Crippen molar-refractivity contribution in [3.05, 3.63) is 63.2 Å². The summed E-state index contributed by atoms with van der Waals surface area (Å²) in [6.07, 6.45) is -0.900. The SMILES string of the molecule is Cc1cccc(O[C@@H](C)C(=O)OCC(=O)Nc2ccc([N+](=O)[O-])cc2Cl)c1. The average Bonchev–Trinajstić information content (AvgIpc) is 2.61. The van der Waals surface area contributed by atoms with Crippen LogP contribution in [0.4, 0.5) is 11.4 Å². The highest BCUT2D eigenvalue weighted by molar-refractivity contribution is 6.34. The van der Waals surface area contributed by atoms with Gasteiger partial charge >= 0.3 is 5.97 Å². The molecule has 0 bridgehead atoms. The maximum Gasteiger partial charge on any atom is 0.347 e. The van der Waals surface area contributed by atoms with Gasteiger partial charge in [-0.3, -0.25) is 14.9 Å². The fourth-order valence-corrected chi connectivity index (χ4v) is 2.32. The van der Waals surface area contributed by atoms with Crippen LogP contribution in [0.1, 0.15) is 12.5 Å². The van der Waals surface area contributed by atoms with Gasteiger partial charge in [0.15, 0.2) is 12.7 Å². The summed E-state index contributed by atoms with van der Waals surface area (Å²) < 4.78 is 10.4. The maximum absolute atomic E-state index is 11.9. The standard InChI is InChI=1S/C18H17ClN2O6/c1-11-4-3-5-14(8-11)27-12(2)18(23)26-10-17(22)20-16-7-6-13(21(24)25)9-15(16)19/h3-9,12H,10H2,1-2H3,(H,20,22)/t12-/m0/s1. The number of benzene rings is 2. The summed E-state index contributed by atoms with van der Waals surface area (Å²) in [5.74, 6) is -0.829. The number of nitro benzene ring substituents is 1. The molecule has 0 aliphatic carbocycles. The molecule has 0 radical (unpaired) electrons. The zero-order valence-electron chi connectivity index (χ0n) is 14.6. The van der Waals surface area contributed by atoms with Gasteiger partial charge in [0.25, 0.3) is 11.6 Å². The lowest BCUT2D eigenvalue weighted by molar-refractivity contribution is -0.384. The smallest absolute Gasteiger partial charge is 0.347 e. The normalized spacial score (nSPS) is 11.4. The van der Waals surface area contributed by atoms with Crippen molar-refractivity contribution in [3.8, 4) is 5.75 Å². The summed E-state index contributed by atoms with van der Waals surface area (Å²) in [5.41, 5.74) is 0.950. The molecule has 27 heavy (non-hydrogen) atoms. The van der Waals surface area contributed by atoms with Gasteiger partial charge in [-0.15, -0.1) is 0 Å². The number of non-ortho nitro benzene ring substituents is 1. The first-order valence-corrected chi connectivity index (χ1v) is 8.28. The van der Waals surface area contributed by atoms with Gasteiger partial charge in [0.1, 0.15) is 5.75 Å². The quantitative estimate of drug-likeness (QED) is 0.439. The zero-order valence-corrected chi connectivity index (χ0v) is 15.4. The summed E-state index contributed by atoms with van der Waals surface area (Å²) in [7, 11) is 0. The Labute approximate surface area is 160 Å². The predicted molar refractivity (Wildman–Crippen MR) is 99.0 cm³/mol. The van der Waals surface area contributed by atoms with Crippen molar-refractivity contribution in [1.29, 1.82) is 0 Å². The number of aryl methyl sites for hydroxylation is 1. The van der Waals surface area contributed by atoms with Crippen LogP contribution in [0.15, 0.2) is 42.5 Å². The number of anilines is 1. The van der Waals surface area contributed by atoms with Crippen molar-refractivity contribution in [2.24, 2.45) is 0 Å². The lowest BCUT2D eigenvalue weighted by Gasteiger charge is -2.14. The Morgan fingerprint density at radius 3 is 2.63 bits per heavy atom. The lowest BCUT2D eigenvalue weighted by Crippen LogP contribution is -2.29. The van der Waals surface area contributed by atoms with Crippen molar-refractivity contribution in [2.75, 3.05) is 11.9 Å². The number of nitro groups is 1. The van der Waals surface area contributed by atoms with E-state index in [-0.39, 0.29) is 16.4 Å². The molecule has 1 atom stereocenters. The van der Waals surface area contributed by atoms with Crippen molar-refractivity contribution < 1.29 is 24.0 Å². The second-order valence-electron chi connectivity index (χ2n) is 5.65. The number of ether oxygens (including phenoxy) is 2. The molecule has 2 aromatic rings. The number of carbonyl (C=O) groups excluding carboxylic acids is 2. The molecule has 2 aromatic carbocycles. The van der Waals surface area contributed by atoms with Crippen molar-refractivity contribution >= 4 is 34.9 Å². The Hall–Kier alpha value is -3.13. The molecular weight excluding hydrogens is 376 g/mol. The number of carbonyl (C=O) groups is 2. The minimum atomic E-state index is -0.900. The molecule has 0 aliphatic rings. The van der Waals surface area contributed by atoms with Gasteiger partial charge in [-0.2, -0.15) is 0 Å². The van der Waals surface area contributed by atoms with E-state index in [4.69, 9.17) is 21.1 Å². The first-order chi connectivity index (χ1) is 12.8. The van der Waals surface area contributed by atoms with Gasteiger partial charge in [-0.05, 0) is 37.6 Å². The number of hydrogen-bond acceptors (Lipinski definition) is 6. The van der Waals surface area contributed by atoms with E-state index >= 15 is 0 Å². The molecule has 0 unspecified atom stereocenters. The average molecular weight is 393 g/mol. The van der Waals surface area contributed by atoms with E-state index in [1.807, 2.05) is 13.0 Å². The van der Waals surface area contributed by atoms with Crippen LogP contribution >= 0.6 is 11.6 Å². The minimum absolute atomic E-state index is 0.0000235. The molecule has 0 spiro atoms. The molecular formula is C18H17ClN2O6. The zero-order chi connectivity index (χ0) is 20.0. The molecule has 142 valence electrons. The molecule has 9 heteroatoms. The maximum atomic E-state index is 11.9. The Bertz CT molecular complexity index is 871. The molecule has 0 heterocycles. The van der Waals surface area contributed by atoms with Crippen LogP contribution in [-0.2, 0) is 14.3 Å². The number of amides is 1. The van der Waals surface area contributed by atoms with Gasteiger partial charge in [-0.1, -0.05) is 23.7 Å². The molecule has 2 rings (SSSR count). The fourth-order valence-electron chi connectivity index (χ4n) is 2.10. The third-order valence-corrected chi connectivity index (χ3v) is 3.73. The van der Waals surface area contributed by atoms with E-state index in [0.29, 0.717) is 5.75 Å². The van der Waals surface area contributed by atoms with Crippen LogP contribution in [0.2, 0.25) is 5.02 Å².